The lowest BCUT2D eigenvalue weighted by molar-refractivity contribution is 0.471. The molecule has 3 rings (SSSR count). The van der Waals surface area contributed by atoms with Gasteiger partial charge in [0, 0.05) is 5.69 Å². The fraction of sp³-hybridized carbons (Fsp3) is 0.333. The zero-order chi connectivity index (χ0) is 13.9. The monoisotopic (exact) mass is 267 g/mol. The predicted octanol–water partition coefficient (Wildman–Crippen LogP) is 4.44. The molecule has 0 spiro atoms. The fourth-order valence-corrected chi connectivity index (χ4v) is 3.09. The summed E-state index contributed by atoms with van der Waals surface area (Å²) < 4.78 is 0. The van der Waals surface area contributed by atoms with Crippen molar-refractivity contribution in [1.82, 2.24) is 0 Å². The van der Waals surface area contributed by atoms with Gasteiger partial charge in [-0.3, -0.25) is 0 Å². The van der Waals surface area contributed by atoms with E-state index in [9.17, 15) is 5.11 Å². The topological polar surface area (TPSA) is 32.3 Å². The van der Waals surface area contributed by atoms with Crippen LogP contribution < -0.4 is 5.32 Å². The molecule has 0 saturated carbocycles. The maximum atomic E-state index is 9.75. The van der Waals surface area contributed by atoms with Crippen molar-refractivity contribution in [2.45, 2.75) is 38.6 Å². The van der Waals surface area contributed by atoms with Crippen LogP contribution in [0.4, 0.5) is 5.69 Å². The van der Waals surface area contributed by atoms with Crippen molar-refractivity contribution in [3.63, 3.8) is 0 Å². The van der Waals surface area contributed by atoms with E-state index in [-0.39, 0.29) is 0 Å². The summed E-state index contributed by atoms with van der Waals surface area (Å²) in [5.74, 6) is 0.362. The fourth-order valence-electron chi connectivity index (χ4n) is 3.09. The van der Waals surface area contributed by atoms with Gasteiger partial charge in [-0.15, -0.1) is 0 Å². The van der Waals surface area contributed by atoms with Crippen LogP contribution in [0, 0.1) is 0 Å². The van der Waals surface area contributed by atoms with Gasteiger partial charge in [0.25, 0.3) is 0 Å². The number of phenolic OH excluding ortho intramolecular Hbond substituents is 1. The van der Waals surface area contributed by atoms with Crippen molar-refractivity contribution in [3.8, 4) is 5.75 Å². The standard InChI is InChI=1S/C18H21NO/c1-2-13-6-3-4-8-17(13)19-18-9-5-7-14-10-11-15(20)12-16(14)18/h3-4,6,8,10-12,18-20H,2,5,7,9H2,1H3. The van der Waals surface area contributed by atoms with Crippen LogP contribution in [0.25, 0.3) is 0 Å². The predicted molar refractivity (Wildman–Crippen MR) is 83.2 cm³/mol. The quantitative estimate of drug-likeness (QED) is 0.861. The van der Waals surface area contributed by atoms with Crippen LogP contribution in [-0.4, -0.2) is 5.11 Å². The number of rotatable bonds is 3. The Bertz CT molecular complexity index is 606. The highest BCUT2D eigenvalue weighted by molar-refractivity contribution is 5.54. The Morgan fingerprint density at radius 1 is 1.20 bits per heavy atom. The first-order chi connectivity index (χ1) is 9.78. The number of aryl methyl sites for hydroxylation is 2. The maximum absolute atomic E-state index is 9.75. The van der Waals surface area contributed by atoms with Crippen LogP contribution in [0.2, 0.25) is 0 Å². The third-order valence-corrected chi connectivity index (χ3v) is 4.17. The van der Waals surface area contributed by atoms with Crippen molar-refractivity contribution in [3.05, 3.63) is 59.2 Å². The summed E-state index contributed by atoms with van der Waals surface area (Å²) in [6.45, 7) is 2.18. The zero-order valence-electron chi connectivity index (χ0n) is 11.9. The third kappa shape index (κ3) is 2.51. The SMILES string of the molecule is CCc1ccccc1NC1CCCc2ccc(O)cc21. The van der Waals surface area contributed by atoms with Crippen LogP contribution in [-0.2, 0) is 12.8 Å². The Balaban J connectivity index is 1.91. The molecule has 0 bridgehead atoms. The largest absolute Gasteiger partial charge is 0.508 e. The van der Waals surface area contributed by atoms with E-state index in [1.54, 1.807) is 6.07 Å². The summed E-state index contributed by atoms with van der Waals surface area (Å²) in [5.41, 5.74) is 5.18. The average molecular weight is 267 g/mol. The van der Waals surface area contributed by atoms with E-state index in [0.717, 1.165) is 19.3 Å². The molecule has 2 N–H and O–H groups in total. The van der Waals surface area contributed by atoms with Gasteiger partial charge in [0.15, 0.2) is 0 Å². The Labute approximate surface area is 120 Å². The molecule has 0 heterocycles. The minimum absolute atomic E-state index is 0.304. The molecule has 20 heavy (non-hydrogen) atoms. The summed E-state index contributed by atoms with van der Waals surface area (Å²) in [7, 11) is 0. The number of nitrogens with one attached hydrogen (secondary N) is 1. The molecule has 0 fully saturated rings. The molecule has 0 aliphatic heterocycles. The Morgan fingerprint density at radius 3 is 2.90 bits per heavy atom. The highest BCUT2D eigenvalue weighted by Crippen LogP contribution is 2.35. The first-order valence-corrected chi connectivity index (χ1v) is 7.44. The minimum atomic E-state index is 0.304. The van der Waals surface area contributed by atoms with Gasteiger partial charge in [-0.1, -0.05) is 31.2 Å². The lowest BCUT2D eigenvalue weighted by Gasteiger charge is -2.28. The summed E-state index contributed by atoms with van der Waals surface area (Å²) in [4.78, 5) is 0. The molecule has 2 aromatic carbocycles. The van der Waals surface area contributed by atoms with Gasteiger partial charge < -0.3 is 10.4 Å². The van der Waals surface area contributed by atoms with Crippen molar-refractivity contribution in [2.24, 2.45) is 0 Å². The molecule has 0 amide bonds. The van der Waals surface area contributed by atoms with E-state index in [2.05, 4.69) is 42.6 Å². The molecule has 2 nitrogen and oxygen atoms in total. The number of hydrogen-bond donors (Lipinski definition) is 2. The third-order valence-electron chi connectivity index (χ3n) is 4.17. The molecule has 1 aliphatic rings. The van der Waals surface area contributed by atoms with Crippen molar-refractivity contribution < 1.29 is 5.11 Å². The molecule has 1 aliphatic carbocycles. The second kappa shape index (κ2) is 5.58. The second-order valence-electron chi connectivity index (χ2n) is 5.48. The van der Waals surface area contributed by atoms with Gasteiger partial charge in [-0.05, 0) is 60.6 Å². The minimum Gasteiger partial charge on any atom is -0.508 e. The molecular formula is C18H21NO. The average Bonchev–Trinajstić information content (AvgIpc) is 2.48. The molecular weight excluding hydrogens is 246 g/mol. The summed E-state index contributed by atoms with van der Waals surface area (Å²) in [6.07, 6.45) is 4.46. The van der Waals surface area contributed by atoms with Crippen molar-refractivity contribution in [2.75, 3.05) is 5.32 Å². The lowest BCUT2D eigenvalue weighted by atomic mass is 9.87. The lowest BCUT2D eigenvalue weighted by Crippen LogP contribution is -2.18. The van der Waals surface area contributed by atoms with E-state index in [4.69, 9.17) is 0 Å². The number of anilines is 1. The van der Waals surface area contributed by atoms with Crippen LogP contribution in [0.5, 0.6) is 5.75 Å². The Morgan fingerprint density at radius 2 is 2.05 bits per heavy atom. The molecule has 0 saturated heterocycles. The number of phenols is 1. The molecule has 1 atom stereocenters. The summed E-state index contributed by atoms with van der Waals surface area (Å²) in [6, 6.07) is 14.6. The Kier molecular flexibility index (Phi) is 3.64. The number of para-hydroxylation sites is 1. The van der Waals surface area contributed by atoms with E-state index >= 15 is 0 Å². The van der Waals surface area contributed by atoms with Gasteiger partial charge in [0.1, 0.15) is 5.75 Å². The summed E-state index contributed by atoms with van der Waals surface area (Å²) in [5, 5.41) is 13.4. The van der Waals surface area contributed by atoms with Crippen LogP contribution in [0.3, 0.4) is 0 Å². The highest BCUT2D eigenvalue weighted by atomic mass is 16.3. The van der Waals surface area contributed by atoms with Gasteiger partial charge in [-0.25, -0.2) is 0 Å². The smallest absolute Gasteiger partial charge is 0.115 e. The number of aromatic hydroxyl groups is 1. The molecule has 2 heteroatoms. The molecule has 104 valence electrons. The van der Waals surface area contributed by atoms with Crippen molar-refractivity contribution in [1.29, 1.82) is 0 Å². The molecule has 2 aromatic rings. The Hall–Kier alpha value is -1.96. The number of fused-ring (bicyclic) bond motifs is 1. The van der Waals surface area contributed by atoms with E-state index < -0.39 is 0 Å². The normalized spacial score (nSPS) is 17.6. The van der Waals surface area contributed by atoms with Gasteiger partial charge in [-0.2, -0.15) is 0 Å². The van der Waals surface area contributed by atoms with E-state index in [0.29, 0.717) is 11.8 Å². The van der Waals surface area contributed by atoms with E-state index in [1.165, 1.54) is 28.8 Å². The zero-order valence-corrected chi connectivity index (χ0v) is 11.9. The van der Waals surface area contributed by atoms with Gasteiger partial charge in [0.05, 0.1) is 6.04 Å². The first kappa shape index (κ1) is 13.0. The van der Waals surface area contributed by atoms with Crippen molar-refractivity contribution >= 4 is 5.69 Å². The number of hydrogen-bond acceptors (Lipinski definition) is 2. The van der Waals surface area contributed by atoms with Gasteiger partial charge >= 0.3 is 0 Å². The molecule has 0 aromatic heterocycles. The maximum Gasteiger partial charge on any atom is 0.115 e. The van der Waals surface area contributed by atoms with Gasteiger partial charge in [0.2, 0.25) is 0 Å². The highest BCUT2D eigenvalue weighted by Gasteiger charge is 2.21. The second-order valence-corrected chi connectivity index (χ2v) is 5.48. The molecule has 1 unspecified atom stereocenters. The van der Waals surface area contributed by atoms with Crippen LogP contribution in [0.1, 0.15) is 42.5 Å². The summed E-state index contributed by atoms with van der Waals surface area (Å²) >= 11 is 0. The van der Waals surface area contributed by atoms with E-state index in [1.807, 2.05) is 6.07 Å². The number of benzene rings is 2. The first-order valence-electron chi connectivity index (χ1n) is 7.44. The van der Waals surface area contributed by atoms with Crippen LogP contribution >= 0.6 is 0 Å². The van der Waals surface area contributed by atoms with Crippen LogP contribution in [0.15, 0.2) is 42.5 Å². The molecule has 0 radical (unpaired) electrons.